The molecule has 1 unspecified atom stereocenters. The van der Waals surface area contributed by atoms with E-state index in [-0.39, 0.29) is 24.3 Å². The van der Waals surface area contributed by atoms with E-state index in [2.05, 4.69) is 10.3 Å². The minimum Gasteiger partial charge on any atom is -0.344 e. The number of aryl methyl sites for hydroxylation is 2. The zero-order valence-corrected chi connectivity index (χ0v) is 19.2. The molecule has 2 aromatic carbocycles. The topological polar surface area (TPSA) is 70.5 Å². The molecule has 10 heteroatoms. The first-order valence-electron chi connectivity index (χ1n) is 10.9. The molecule has 0 bridgehead atoms. The Morgan fingerprint density at radius 1 is 1.18 bits per heavy atom. The maximum atomic E-state index is 12.7. The Morgan fingerprint density at radius 3 is 2.50 bits per heavy atom. The maximum absolute atomic E-state index is 12.7. The standard InChI is InChI=1S/C24H26F3N5O2/c1-30-13-12-19(22(30)34)31(2)23-29-18-10-9-17(14-20(18)32(23)3)28-21(33)11-6-15-4-7-16(8-5-15)24(25,26)27/h4-5,7-10,14,19H,6,11-13H2,1-3H3,(H,28,33). The molecule has 0 radical (unpaired) electrons. The monoisotopic (exact) mass is 473 g/mol. The fourth-order valence-electron chi connectivity index (χ4n) is 4.21. The number of nitrogens with zero attached hydrogens (tertiary/aromatic N) is 4. The fraction of sp³-hybridized carbons (Fsp3) is 0.375. The number of benzene rings is 2. The van der Waals surface area contributed by atoms with Gasteiger partial charge in [0.1, 0.15) is 6.04 Å². The minimum atomic E-state index is -4.38. The molecule has 1 N–H and O–H groups in total. The summed E-state index contributed by atoms with van der Waals surface area (Å²) < 4.78 is 39.9. The molecule has 2 amide bonds. The van der Waals surface area contributed by atoms with Gasteiger partial charge in [0.2, 0.25) is 17.8 Å². The summed E-state index contributed by atoms with van der Waals surface area (Å²) in [6, 6.07) is 9.95. The van der Waals surface area contributed by atoms with Gasteiger partial charge in [0.25, 0.3) is 0 Å². The summed E-state index contributed by atoms with van der Waals surface area (Å²) in [6.07, 6.45) is -3.18. The SMILES string of the molecule is CN1CCC(N(C)c2nc3ccc(NC(=O)CCc4ccc(C(F)(F)F)cc4)cc3n2C)C1=O. The normalized spacial score (nSPS) is 16.4. The lowest BCUT2D eigenvalue weighted by Crippen LogP contribution is -2.39. The lowest BCUT2D eigenvalue weighted by molar-refractivity contribution is -0.137. The molecule has 1 aromatic heterocycles. The van der Waals surface area contributed by atoms with E-state index in [1.54, 1.807) is 24.1 Å². The van der Waals surface area contributed by atoms with Crippen molar-refractivity contribution < 1.29 is 22.8 Å². The smallest absolute Gasteiger partial charge is 0.344 e. The molecule has 1 aliphatic heterocycles. The summed E-state index contributed by atoms with van der Waals surface area (Å²) in [7, 11) is 5.50. The van der Waals surface area contributed by atoms with Crippen LogP contribution in [-0.4, -0.2) is 52.9 Å². The number of likely N-dealkylation sites (N-methyl/N-ethyl adjacent to an activating group) is 2. The number of imidazole rings is 1. The lowest BCUT2D eigenvalue weighted by Gasteiger charge is -2.24. The minimum absolute atomic E-state index is 0.0653. The van der Waals surface area contributed by atoms with E-state index < -0.39 is 11.7 Å². The van der Waals surface area contributed by atoms with E-state index in [0.717, 1.165) is 29.6 Å². The number of fused-ring (bicyclic) bond motifs is 1. The molecule has 180 valence electrons. The summed E-state index contributed by atoms with van der Waals surface area (Å²) in [5, 5.41) is 2.84. The predicted molar refractivity (Wildman–Crippen MR) is 124 cm³/mol. The van der Waals surface area contributed by atoms with E-state index >= 15 is 0 Å². The molecular formula is C24H26F3N5O2. The summed E-state index contributed by atoms with van der Waals surface area (Å²) in [5.74, 6) is 0.489. The predicted octanol–water partition coefficient (Wildman–Crippen LogP) is 3.83. The summed E-state index contributed by atoms with van der Waals surface area (Å²) in [4.78, 5) is 33.1. The summed E-state index contributed by atoms with van der Waals surface area (Å²) in [6.45, 7) is 0.709. The number of hydrogen-bond donors (Lipinski definition) is 1. The number of halogens is 3. The van der Waals surface area contributed by atoms with E-state index in [1.807, 2.05) is 29.6 Å². The van der Waals surface area contributed by atoms with Crippen LogP contribution in [0.2, 0.25) is 0 Å². The highest BCUT2D eigenvalue weighted by Gasteiger charge is 2.34. The van der Waals surface area contributed by atoms with Crippen LogP contribution < -0.4 is 10.2 Å². The van der Waals surface area contributed by atoms with Crippen molar-refractivity contribution in [2.75, 3.05) is 30.9 Å². The lowest BCUT2D eigenvalue weighted by atomic mass is 10.1. The van der Waals surface area contributed by atoms with Gasteiger partial charge >= 0.3 is 6.18 Å². The quantitative estimate of drug-likeness (QED) is 0.591. The zero-order valence-electron chi connectivity index (χ0n) is 19.2. The average Bonchev–Trinajstić information content (AvgIpc) is 3.30. The third-order valence-electron chi connectivity index (χ3n) is 6.25. The molecule has 1 saturated heterocycles. The van der Waals surface area contributed by atoms with E-state index in [9.17, 15) is 22.8 Å². The van der Waals surface area contributed by atoms with Crippen molar-refractivity contribution in [1.29, 1.82) is 0 Å². The first-order chi connectivity index (χ1) is 16.0. The van der Waals surface area contributed by atoms with Crippen LogP contribution in [0, 0.1) is 0 Å². The molecule has 4 rings (SSSR count). The van der Waals surface area contributed by atoms with E-state index in [4.69, 9.17) is 0 Å². The third-order valence-corrected chi connectivity index (χ3v) is 6.25. The van der Waals surface area contributed by atoms with Gasteiger partial charge < -0.3 is 19.7 Å². The van der Waals surface area contributed by atoms with Crippen molar-refractivity contribution in [3.63, 3.8) is 0 Å². The Hall–Kier alpha value is -3.56. The van der Waals surface area contributed by atoms with Gasteiger partial charge in [-0.05, 0) is 48.7 Å². The van der Waals surface area contributed by atoms with E-state index in [0.29, 0.717) is 30.2 Å². The van der Waals surface area contributed by atoms with Crippen LogP contribution in [0.4, 0.5) is 24.8 Å². The van der Waals surface area contributed by atoms with Crippen LogP contribution in [0.5, 0.6) is 0 Å². The molecule has 7 nitrogen and oxygen atoms in total. The Bertz CT molecular complexity index is 1220. The number of likely N-dealkylation sites (tertiary alicyclic amines) is 1. The molecule has 1 aliphatic rings. The second-order valence-electron chi connectivity index (χ2n) is 8.59. The number of hydrogen-bond acceptors (Lipinski definition) is 4. The molecule has 2 heterocycles. The molecular weight excluding hydrogens is 447 g/mol. The first kappa shape index (κ1) is 23.6. The van der Waals surface area contributed by atoms with Gasteiger partial charge in [-0.25, -0.2) is 4.98 Å². The molecule has 0 saturated carbocycles. The van der Waals surface area contributed by atoms with Crippen molar-refractivity contribution in [2.45, 2.75) is 31.5 Å². The largest absolute Gasteiger partial charge is 0.416 e. The van der Waals surface area contributed by atoms with Crippen LogP contribution >= 0.6 is 0 Å². The Balaban J connectivity index is 1.42. The molecule has 3 aromatic rings. The number of carbonyl (C=O) groups excluding carboxylic acids is 2. The summed E-state index contributed by atoms with van der Waals surface area (Å²) >= 11 is 0. The van der Waals surface area contributed by atoms with Crippen molar-refractivity contribution in [1.82, 2.24) is 14.5 Å². The van der Waals surface area contributed by atoms with Gasteiger partial charge in [-0.15, -0.1) is 0 Å². The fourth-order valence-corrected chi connectivity index (χ4v) is 4.21. The van der Waals surface area contributed by atoms with Crippen molar-refractivity contribution in [2.24, 2.45) is 7.05 Å². The number of aromatic nitrogens is 2. The van der Waals surface area contributed by atoms with Crippen LogP contribution in [0.25, 0.3) is 11.0 Å². The van der Waals surface area contributed by atoms with Gasteiger partial charge in [-0.3, -0.25) is 9.59 Å². The van der Waals surface area contributed by atoms with Gasteiger partial charge in [0.05, 0.1) is 16.6 Å². The molecule has 1 fully saturated rings. The van der Waals surface area contributed by atoms with Gasteiger partial charge in [-0.1, -0.05) is 12.1 Å². The number of nitrogens with one attached hydrogen (secondary N) is 1. The number of rotatable bonds is 6. The zero-order chi connectivity index (χ0) is 24.6. The van der Waals surface area contributed by atoms with E-state index in [1.165, 1.54) is 12.1 Å². The van der Waals surface area contributed by atoms with Crippen LogP contribution in [0.15, 0.2) is 42.5 Å². The van der Waals surface area contributed by atoms with Gasteiger partial charge in [0.15, 0.2) is 0 Å². The number of carbonyl (C=O) groups is 2. The number of anilines is 2. The highest BCUT2D eigenvalue weighted by atomic mass is 19.4. The molecule has 0 aliphatic carbocycles. The number of alkyl halides is 3. The van der Waals surface area contributed by atoms with Crippen LogP contribution in [-0.2, 0) is 29.2 Å². The van der Waals surface area contributed by atoms with Gasteiger partial charge in [-0.2, -0.15) is 13.2 Å². The average molecular weight is 473 g/mol. The molecule has 0 spiro atoms. The Kier molecular flexibility index (Phi) is 6.24. The highest BCUT2D eigenvalue weighted by Crippen LogP contribution is 2.29. The molecule has 1 atom stereocenters. The second kappa shape index (κ2) is 9.00. The van der Waals surface area contributed by atoms with Crippen molar-refractivity contribution in [3.05, 3.63) is 53.6 Å². The van der Waals surface area contributed by atoms with Crippen molar-refractivity contribution >= 4 is 34.5 Å². The Labute approximate surface area is 195 Å². The molecule has 34 heavy (non-hydrogen) atoms. The first-order valence-corrected chi connectivity index (χ1v) is 10.9. The van der Waals surface area contributed by atoms with Gasteiger partial charge in [0, 0.05) is 39.8 Å². The second-order valence-corrected chi connectivity index (χ2v) is 8.59. The maximum Gasteiger partial charge on any atom is 0.416 e. The number of amides is 2. The Morgan fingerprint density at radius 2 is 1.88 bits per heavy atom. The van der Waals surface area contributed by atoms with Crippen LogP contribution in [0.1, 0.15) is 24.0 Å². The van der Waals surface area contributed by atoms with Crippen LogP contribution in [0.3, 0.4) is 0 Å². The van der Waals surface area contributed by atoms with Crippen molar-refractivity contribution in [3.8, 4) is 0 Å². The highest BCUT2D eigenvalue weighted by molar-refractivity contribution is 5.94. The summed E-state index contributed by atoms with van der Waals surface area (Å²) in [5.41, 5.74) is 2.09. The third kappa shape index (κ3) is 4.71.